The normalized spacial score (nSPS) is 17.5. The summed E-state index contributed by atoms with van der Waals surface area (Å²) >= 11 is 3.76. The predicted molar refractivity (Wildman–Crippen MR) is 97.5 cm³/mol. The molecular formula is C19H28BrNO. The van der Waals surface area contributed by atoms with Crippen molar-refractivity contribution in [2.75, 3.05) is 5.32 Å². The van der Waals surface area contributed by atoms with Gasteiger partial charge in [-0.1, -0.05) is 61.2 Å². The zero-order valence-electron chi connectivity index (χ0n) is 13.8. The zero-order valence-corrected chi connectivity index (χ0v) is 15.4. The minimum Gasteiger partial charge on any atom is -0.326 e. The van der Waals surface area contributed by atoms with Gasteiger partial charge in [-0.25, -0.2) is 0 Å². The molecule has 1 fully saturated rings. The number of hydrogen-bond acceptors (Lipinski definition) is 1. The first-order valence-electron chi connectivity index (χ1n) is 8.58. The Bertz CT molecular complexity index is 463. The molecule has 0 aromatic heterocycles. The first-order valence-corrected chi connectivity index (χ1v) is 9.50. The van der Waals surface area contributed by atoms with Crippen LogP contribution in [-0.2, 0) is 11.2 Å². The molecule has 0 bridgehead atoms. The average molecular weight is 366 g/mol. The van der Waals surface area contributed by atoms with E-state index in [4.69, 9.17) is 0 Å². The number of hydrogen-bond donors (Lipinski definition) is 1. The summed E-state index contributed by atoms with van der Waals surface area (Å²) in [7, 11) is 0. The van der Waals surface area contributed by atoms with Crippen LogP contribution in [0.25, 0.3) is 0 Å². The predicted octanol–water partition coefficient (Wildman–Crippen LogP) is 5.56. The van der Waals surface area contributed by atoms with Crippen LogP contribution in [0.2, 0.25) is 0 Å². The number of carbonyl (C=O) groups excluding carboxylic acids is 1. The highest BCUT2D eigenvalue weighted by Crippen LogP contribution is 2.25. The molecular weight excluding hydrogens is 338 g/mol. The summed E-state index contributed by atoms with van der Waals surface area (Å²) < 4.78 is 0. The van der Waals surface area contributed by atoms with Crippen molar-refractivity contribution < 1.29 is 4.79 Å². The van der Waals surface area contributed by atoms with Gasteiger partial charge in [0.15, 0.2) is 0 Å². The lowest BCUT2D eigenvalue weighted by Gasteiger charge is -2.20. The summed E-state index contributed by atoms with van der Waals surface area (Å²) in [6, 6.07) is 8.33. The number of benzene rings is 1. The van der Waals surface area contributed by atoms with Crippen LogP contribution in [-0.4, -0.2) is 10.7 Å². The lowest BCUT2D eigenvalue weighted by molar-refractivity contribution is -0.120. The van der Waals surface area contributed by atoms with Crippen molar-refractivity contribution in [1.82, 2.24) is 0 Å². The van der Waals surface area contributed by atoms with E-state index in [1.807, 2.05) is 12.1 Å². The Balaban J connectivity index is 1.84. The highest BCUT2D eigenvalue weighted by Gasteiger charge is 2.20. The molecule has 1 unspecified atom stereocenters. The van der Waals surface area contributed by atoms with Crippen LogP contribution < -0.4 is 5.32 Å². The van der Waals surface area contributed by atoms with E-state index >= 15 is 0 Å². The molecule has 0 aliphatic heterocycles. The number of nitrogens with one attached hydrogen (secondary N) is 1. The van der Waals surface area contributed by atoms with Crippen molar-refractivity contribution in [2.24, 2.45) is 11.8 Å². The molecule has 22 heavy (non-hydrogen) atoms. The molecule has 0 radical (unpaired) electrons. The average Bonchev–Trinajstić information content (AvgIpc) is 2.49. The molecule has 0 spiro atoms. The standard InChI is InChI=1S/C19H28BrNO/c1-14(2)12-17(20)13-15-8-10-18(11-9-15)21-19(22)16-6-4-3-5-7-16/h8-11,14,16-17H,3-7,12-13H2,1-2H3,(H,21,22). The van der Waals surface area contributed by atoms with Gasteiger partial charge in [0.2, 0.25) is 5.91 Å². The van der Waals surface area contributed by atoms with Crippen molar-refractivity contribution in [3.05, 3.63) is 29.8 Å². The van der Waals surface area contributed by atoms with Gasteiger partial charge in [0, 0.05) is 16.4 Å². The van der Waals surface area contributed by atoms with Gasteiger partial charge in [-0.2, -0.15) is 0 Å². The number of carbonyl (C=O) groups is 1. The molecule has 1 amide bonds. The summed E-state index contributed by atoms with van der Waals surface area (Å²) in [4.78, 5) is 12.8. The first-order chi connectivity index (χ1) is 10.5. The van der Waals surface area contributed by atoms with Crippen molar-refractivity contribution >= 4 is 27.5 Å². The van der Waals surface area contributed by atoms with Crippen LogP contribution in [0.5, 0.6) is 0 Å². The summed E-state index contributed by atoms with van der Waals surface area (Å²) in [5, 5.41) is 3.07. The molecule has 1 atom stereocenters. The molecule has 2 nitrogen and oxygen atoms in total. The van der Waals surface area contributed by atoms with E-state index in [1.165, 1.54) is 31.2 Å². The Labute approximate surface area is 143 Å². The molecule has 122 valence electrons. The fourth-order valence-electron chi connectivity index (χ4n) is 3.18. The number of rotatable bonds is 6. The highest BCUT2D eigenvalue weighted by molar-refractivity contribution is 9.09. The topological polar surface area (TPSA) is 29.1 Å². The molecule has 3 heteroatoms. The van der Waals surface area contributed by atoms with Gasteiger partial charge in [-0.15, -0.1) is 0 Å². The van der Waals surface area contributed by atoms with E-state index < -0.39 is 0 Å². The van der Waals surface area contributed by atoms with Gasteiger partial charge < -0.3 is 5.32 Å². The molecule has 1 aliphatic carbocycles. The van der Waals surface area contributed by atoms with Gasteiger partial charge in [0.1, 0.15) is 0 Å². The minimum atomic E-state index is 0.200. The third-order valence-electron chi connectivity index (χ3n) is 4.38. The fourth-order valence-corrected chi connectivity index (χ4v) is 4.31. The summed E-state index contributed by atoms with van der Waals surface area (Å²) in [6.07, 6.45) is 7.98. The lowest BCUT2D eigenvalue weighted by atomic mass is 9.88. The molecule has 1 N–H and O–H groups in total. The molecule has 0 saturated heterocycles. The van der Waals surface area contributed by atoms with Crippen LogP contribution in [0.4, 0.5) is 5.69 Å². The van der Waals surface area contributed by atoms with Gasteiger partial charge in [0.05, 0.1) is 0 Å². The maximum absolute atomic E-state index is 12.2. The number of amides is 1. The van der Waals surface area contributed by atoms with Gasteiger partial charge in [-0.05, 0) is 49.3 Å². The summed E-state index contributed by atoms with van der Waals surface area (Å²) in [6.45, 7) is 4.50. The van der Waals surface area contributed by atoms with Gasteiger partial charge in [0.25, 0.3) is 0 Å². The number of alkyl halides is 1. The summed E-state index contributed by atoms with van der Waals surface area (Å²) in [5.41, 5.74) is 2.24. The van der Waals surface area contributed by atoms with Crippen molar-refractivity contribution in [3.8, 4) is 0 Å². The largest absolute Gasteiger partial charge is 0.326 e. The Hall–Kier alpha value is -0.830. The van der Waals surface area contributed by atoms with Crippen molar-refractivity contribution in [2.45, 2.75) is 63.6 Å². The molecule has 0 heterocycles. The SMILES string of the molecule is CC(C)CC(Br)Cc1ccc(NC(=O)C2CCCCC2)cc1. The van der Waals surface area contributed by atoms with E-state index in [-0.39, 0.29) is 11.8 Å². The molecule has 2 rings (SSSR count). The van der Waals surface area contributed by atoms with Crippen LogP contribution in [0.15, 0.2) is 24.3 Å². The van der Waals surface area contributed by atoms with E-state index in [2.05, 4.69) is 47.2 Å². The smallest absolute Gasteiger partial charge is 0.227 e. The van der Waals surface area contributed by atoms with Crippen molar-refractivity contribution in [1.29, 1.82) is 0 Å². The quantitative estimate of drug-likeness (QED) is 0.657. The summed E-state index contributed by atoms with van der Waals surface area (Å²) in [5.74, 6) is 1.12. The zero-order chi connectivity index (χ0) is 15.9. The number of anilines is 1. The second-order valence-electron chi connectivity index (χ2n) is 6.95. The lowest BCUT2D eigenvalue weighted by Crippen LogP contribution is -2.24. The Kier molecular flexibility index (Phi) is 6.94. The Morgan fingerprint density at radius 2 is 1.82 bits per heavy atom. The third kappa shape index (κ3) is 5.75. The van der Waals surface area contributed by atoms with Crippen LogP contribution in [0.3, 0.4) is 0 Å². The molecule has 1 aromatic rings. The van der Waals surface area contributed by atoms with E-state index in [0.717, 1.165) is 24.9 Å². The minimum absolute atomic E-state index is 0.200. The van der Waals surface area contributed by atoms with Crippen LogP contribution in [0.1, 0.15) is 57.9 Å². The Morgan fingerprint density at radius 1 is 1.18 bits per heavy atom. The van der Waals surface area contributed by atoms with E-state index in [0.29, 0.717) is 10.7 Å². The van der Waals surface area contributed by atoms with Crippen LogP contribution >= 0.6 is 15.9 Å². The molecule has 1 aliphatic rings. The van der Waals surface area contributed by atoms with E-state index in [1.54, 1.807) is 0 Å². The maximum atomic E-state index is 12.2. The van der Waals surface area contributed by atoms with Crippen molar-refractivity contribution in [3.63, 3.8) is 0 Å². The second kappa shape index (κ2) is 8.71. The molecule has 1 saturated carbocycles. The second-order valence-corrected chi connectivity index (χ2v) is 8.25. The monoisotopic (exact) mass is 365 g/mol. The van der Waals surface area contributed by atoms with Crippen LogP contribution in [0, 0.1) is 11.8 Å². The Morgan fingerprint density at radius 3 is 2.41 bits per heavy atom. The fraction of sp³-hybridized carbons (Fsp3) is 0.632. The number of halogens is 1. The van der Waals surface area contributed by atoms with E-state index in [9.17, 15) is 4.79 Å². The highest BCUT2D eigenvalue weighted by atomic mass is 79.9. The first kappa shape index (κ1) is 17.5. The van der Waals surface area contributed by atoms with Gasteiger partial charge >= 0.3 is 0 Å². The van der Waals surface area contributed by atoms with Gasteiger partial charge in [-0.3, -0.25) is 4.79 Å². The molecule has 1 aromatic carbocycles. The third-order valence-corrected chi connectivity index (χ3v) is 5.08. The maximum Gasteiger partial charge on any atom is 0.227 e.